The van der Waals surface area contributed by atoms with Gasteiger partial charge in [-0.1, -0.05) is 24.6 Å². The smallest absolute Gasteiger partial charge is 0.159 e. The van der Waals surface area contributed by atoms with Crippen molar-refractivity contribution in [2.75, 3.05) is 13.6 Å². The van der Waals surface area contributed by atoms with Crippen LogP contribution in [0.4, 0.5) is 0 Å². The molecule has 4 N–H and O–H groups in total. The largest absolute Gasteiger partial charge is 0.388 e. The van der Waals surface area contributed by atoms with Crippen LogP contribution < -0.4 is 10.6 Å². The molecule has 0 aromatic carbocycles. The number of aliphatic imine (C=N–C) groups is 1. The molecule has 8 heteroatoms. The predicted octanol–water partition coefficient (Wildman–Crippen LogP) is 0.0779. The molecule has 0 spiro atoms. The summed E-state index contributed by atoms with van der Waals surface area (Å²) in [6.07, 6.45) is 2.82. The van der Waals surface area contributed by atoms with E-state index >= 15 is 0 Å². The third kappa shape index (κ3) is 3.65. The minimum atomic E-state index is -0.884. The molecule has 3 rings (SSSR count). The lowest BCUT2D eigenvalue weighted by atomic mass is 9.98. The lowest BCUT2D eigenvalue weighted by Gasteiger charge is -2.38. The summed E-state index contributed by atoms with van der Waals surface area (Å²) in [5, 5.41) is 27.6. The van der Waals surface area contributed by atoms with Crippen LogP contribution in [-0.4, -0.2) is 64.8 Å². The first-order valence-electron chi connectivity index (χ1n) is 7.36. The maximum absolute atomic E-state index is 10.2. The van der Waals surface area contributed by atoms with Crippen molar-refractivity contribution in [3.05, 3.63) is 0 Å². The van der Waals surface area contributed by atoms with E-state index in [2.05, 4.69) is 15.6 Å². The Morgan fingerprint density at radius 3 is 2.67 bits per heavy atom. The van der Waals surface area contributed by atoms with Crippen LogP contribution in [0.5, 0.6) is 0 Å². The molecule has 3 aliphatic rings. The van der Waals surface area contributed by atoms with Crippen LogP contribution in [-0.2, 0) is 4.74 Å². The van der Waals surface area contributed by atoms with Gasteiger partial charge in [0.25, 0.3) is 0 Å². The van der Waals surface area contributed by atoms with Gasteiger partial charge < -0.3 is 25.6 Å². The zero-order chi connectivity index (χ0) is 14.1. The molecule has 0 amide bonds. The molecule has 2 aliphatic heterocycles. The van der Waals surface area contributed by atoms with Crippen molar-refractivity contribution in [1.82, 2.24) is 10.6 Å². The molecule has 1 aliphatic carbocycles. The number of hydrogen-bond acceptors (Lipinski definition) is 7. The Morgan fingerprint density at radius 2 is 2.00 bits per heavy atom. The van der Waals surface area contributed by atoms with E-state index in [0.717, 1.165) is 5.17 Å². The summed E-state index contributed by atoms with van der Waals surface area (Å²) < 4.78 is 5.92. The maximum Gasteiger partial charge on any atom is 0.159 e. The zero-order valence-electron chi connectivity index (χ0n) is 12.1. The molecule has 6 nitrogen and oxygen atoms in total. The lowest BCUT2D eigenvalue weighted by molar-refractivity contribution is -0.151. The molecule has 0 aromatic heterocycles. The summed E-state index contributed by atoms with van der Waals surface area (Å²) in [6.45, 7) is 0.585. The van der Waals surface area contributed by atoms with Crippen molar-refractivity contribution < 1.29 is 14.9 Å². The number of nitrogens with one attached hydrogen (secondary N) is 2. The van der Waals surface area contributed by atoms with Gasteiger partial charge >= 0.3 is 0 Å². The summed E-state index contributed by atoms with van der Waals surface area (Å²) in [7, 11) is 1.80. The lowest BCUT2D eigenvalue weighted by Crippen LogP contribution is -2.57. The first-order chi connectivity index (χ1) is 9.69. The Hall–Kier alpha value is -0.0500. The molecule has 122 valence electrons. The number of aliphatic hydroxyl groups excluding tert-OH is 2. The van der Waals surface area contributed by atoms with E-state index in [-0.39, 0.29) is 30.0 Å². The van der Waals surface area contributed by atoms with Crippen molar-refractivity contribution in [2.45, 2.75) is 61.5 Å². The van der Waals surface area contributed by atoms with E-state index in [1.807, 2.05) is 0 Å². The van der Waals surface area contributed by atoms with E-state index in [1.165, 1.54) is 37.4 Å². The molecular weight excluding hydrogens is 314 g/mol. The number of aliphatic hydroxyl groups is 2. The van der Waals surface area contributed by atoms with Crippen LogP contribution in [0.25, 0.3) is 0 Å². The molecule has 5 atom stereocenters. The number of nitrogens with zero attached hydrogens (tertiary/aromatic N) is 1. The Bertz CT molecular complexity index is 382. The third-order valence-electron chi connectivity index (χ3n) is 4.34. The highest BCUT2D eigenvalue weighted by Crippen LogP contribution is 2.35. The van der Waals surface area contributed by atoms with Crippen LogP contribution in [0, 0.1) is 0 Å². The van der Waals surface area contributed by atoms with Gasteiger partial charge in [-0.3, -0.25) is 4.99 Å². The fourth-order valence-corrected chi connectivity index (χ4v) is 4.21. The van der Waals surface area contributed by atoms with Crippen LogP contribution in [0.15, 0.2) is 4.99 Å². The second-order valence-corrected chi connectivity index (χ2v) is 6.79. The first kappa shape index (κ1) is 17.3. The van der Waals surface area contributed by atoms with Gasteiger partial charge in [-0.25, -0.2) is 0 Å². The molecule has 0 unspecified atom stereocenters. The summed E-state index contributed by atoms with van der Waals surface area (Å²) in [6, 6.07) is 0.154. The van der Waals surface area contributed by atoms with Crippen molar-refractivity contribution in [3.63, 3.8) is 0 Å². The van der Waals surface area contributed by atoms with E-state index in [1.54, 1.807) is 7.05 Å². The van der Waals surface area contributed by atoms with Gasteiger partial charge in [0.05, 0.1) is 0 Å². The average Bonchev–Trinajstić information content (AvgIpc) is 3.10. The fraction of sp³-hybridized carbons (Fsp3) is 0.923. The number of halogens is 1. The average molecular weight is 338 g/mol. The number of hydrogen-bond donors (Lipinski definition) is 4. The molecule has 1 saturated heterocycles. The minimum absolute atomic E-state index is 0. The van der Waals surface area contributed by atoms with E-state index < -0.39 is 12.2 Å². The van der Waals surface area contributed by atoms with Crippen LogP contribution >= 0.6 is 24.2 Å². The highest BCUT2D eigenvalue weighted by Gasteiger charge is 2.48. The van der Waals surface area contributed by atoms with E-state index in [4.69, 9.17) is 4.74 Å². The molecule has 0 aromatic rings. The Kier molecular flexibility index (Phi) is 6.16. The van der Waals surface area contributed by atoms with E-state index in [9.17, 15) is 10.2 Å². The third-order valence-corrected chi connectivity index (χ3v) is 5.49. The van der Waals surface area contributed by atoms with Gasteiger partial charge in [0, 0.05) is 19.6 Å². The van der Waals surface area contributed by atoms with Gasteiger partial charge in [0.2, 0.25) is 0 Å². The highest BCUT2D eigenvalue weighted by atomic mass is 35.5. The summed E-state index contributed by atoms with van der Waals surface area (Å²) in [4.78, 5) is 4.35. The van der Waals surface area contributed by atoms with Crippen LogP contribution in [0.2, 0.25) is 0 Å². The number of amidine groups is 1. The monoisotopic (exact) mass is 337 g/mol. The molecular formula is C13H24ClN3O3S. The summed E-state index contributed by atoms with van der Waals surface area (Å²) in [5.41, 5.74) is -0.203. The predicted molar refractivity (Wildman–Crippen MR) is 86.1 cm³/mol. The molecule has 0 radical (unpaired) electrons. The Balaban J connectivity index is 0.00000161. The summed E-state index contributed by atoms with van der Waals surface area (Å²) in [5.74, 6) is 0. The van der Waals surface area contributed by atoms with Crippen molar-refractivity contribution in [2.24, 2.45) is 4.99 Å². The van der Waals surface area contributed by atoms with Crippen molar-refractivity contribution in [1.29, 1.82) is 0 Å². The zero-order valence-corrected chi connectivity index (χ0v) is 13.7. The van der Waals surface area contributed by atoms with E-state index in [0.29, 0.717) is 12.6 Å². The topological polar surface area (TPSA) is 86.1 Å². The SMILES string of the molecule is CNC1=N[C@@H]2[C@@H](O)[C@H](O)[C@@H](CNC3CCCC3)O[C@@H]2S1.Cl. The molecule has 1 saturated carbocycles. The minimum Gasteiger partial charge on any atom is -0.388 e. The van der Waals surface area contributed by atoms with Gasteiger partial charge in [0.15, 0.2) is 5.17 Å². The molecule has 0 bridgehead atoms. The van der Waals surface area contributed by atoms with Crippen LogP contribution in [0.3, 0.4) is 0 Å². The van der Waals surface area contributed by atoms with Crippen molar-refractivity contribution >= 4 is 29.3 Å². The number of rotatable bonds is 3. The van der Waals surface area contributed by atoms with Gasteiger partial charge in [-0.05, 0) is 12.8 Å². The number of fused-ring (bicyclic) bond motifs is 1. The quantitative estimate of drug-likeness (QED) is 0.583. The van der Waals surface area contributed by atoms with Gasteiger partial charge in [-0.2, -0.15) is 0 Å². The number of ether oxygens (including phenoxy) is 1. The standard InChI is InChI=1S/C13H23N3O3S.ClH/c1-14-13-16-9-11(18)10(17)8(19-12(9)20-13)6-15-7-4-2-3-5-7;/h7-12,15,17-18H,2-6H2,1H3,(H,14,16);1H/t8-,9-,10-,11-,12-;/m1./s1. The van der Waals surface area contributed by atoms with Gasteiger partial charge in [0.1, 0.15) is 29.8 Å². The highest BCUT2D eigenvalue weighted by molar-refractivity contribution is 8.14. The Morgan fingerprint density at radius 1 is 1.29 bits per heavy atom. The number of thioether (sulfide) groups is 1. The molecule has 21 heavy (non-hydrogen) atoms. The summed E-state index contributed by atoms with van der Waals surface area (Å²) >= 11 is 1.48. The van der Waals surface area contributed by atoms with Crippen molar-refractivity contribution in [3.8, 4) is 0 Å². The second-order valence-electron chi connectivity index (χ2n) is 5.71. The van der Waals surface area contributed by atoms with Gasteiger partial charge in [-0.15, -0.1) is 12.4 Å². The molecule has 2 heterocycles. The maximum atomic E-state index is 10.2. The Labute approximate surface area is 135 Å². The molecule has 2 fully saturated rings. The fourth-order valence-electron chi connectivity index (χ4n) is 3.13. The normalized spacial score (nSPS) is 39.6. The van der Waals surface area contributed by atoms with Crippen LogP contribution in [0.1, 0.15) is 25.7 Å². The first-order valence-corrected chi connectivity index (χ1v) is 8.24. The second kappa shape index (κ2) is 7.48.